The van der Waals surface area contributed by atoms with Crippen LogP contribution in [-0.2, 0) is 0 Å². The number of carbonyl (C=O) groups excluding carboxylic acids is 1. The minimum Gasteiger partial charge on any atom is -0.496 e. The van der Waals surface area contributed by atoms with Crippen molar-refractivity contribution in [2.24, 2.45) is 0 Å². The quantitative estimate of drug-likeness (QED) is 0.345. The van der Waals surface area contributed by atoms with Crippen molar-refractivity contribution in [3.63, 3.8) is 0 Å². The SMILES string of the molecule is COc1ccc([N+](=O)[O-])cc1C(=O)C=CN(C)C. The molecule has 0 aliphatic rings. The Labute approximate surface area is 105 Å². The van der Waals surface area contributed by atoms with Gasteiger partial charge in [0.25, 0.3) is 5.69 Å². The predicted molar refractivity (Wildman–Crippen MR) is 66.8 cm³/mol. The number of allylic oxidation sites excluding steroid dienone is 1. The van der Waals surface area contributed by atoms with Gasteiger partial charge in [0.1, 0.15) is 5.75 Å². The van der Waals surface area contributed by atoms with E-state index in [0.29, 0.717) is 5.75 Å². The zero-order valence-electron chi connectivity index (χ0n) is 10.4. The van der Waals surface area contributed by atoms with Gasteiger partial charge in [-0.2, -0.15) is 0 Å². The summed E-state index contributed by atoms with van der Waals surface area (Å²) < 4.78 is 5.02. The Bertz CT molecular complexity index is 495. The lowest BCUT2D eigenvalue weighted by Crippen LogP contribution is -2.05. The number of nitrogens with zero attached hydrogens (tertiary/aromatic N) is 2. The van der Waals surface area contributed by atoms with E-state index in [0.717, 1.165) is 0 Å². The van der Waals surface area contributed by atoms with E-state index in [9.17, 15) is 14.9 Å². The summed E-state index contributed by atoms with van der Waals surface area (Å²) in [6, 6.07) is 3.92. The van der Waals surface area contributed by atoms with Crippen LogP contribution < -0.4 is 4.74 Å². The number of non-ortho nitro benzene ring substituents is 1. The van der Waals surface area contributed by atoms with E-state index >= 15 is 0 Å². The molecule has 0 saturated carbocycles. The first-order valence-corrected chi connectivity index (χ1v) is 5.17. The van der Waals surface area contributed by atoms with Gasteiger partial charge in [0, 0.05) is 38.5 Å². The zero-order valence-corrected chi connectivity index (χ0v) is 10.4. The van der Waals surface area contributed by atoms with Crippen LogP contribution in [0.25, 0.3) is 0 Å². The van der Waals surface area contributed by atoms with E-state index in [4.69, 9.17) is 4.74 Å². The molecule has 1 aromatic rings. The lowest BCUT2D eigenvalue weighted by Gasteiger charge is -2.06. The number of ketones is 1. The van der Waals surface area contributed by atoms with Gasteiger partial charge in [0.15, 0.2) is 5.78 Å². The molecule has 0 aliphatic carbocycles. The Morgan fingerprint density at radius 2 is 2.11 bits per heavy atom. The van der Waals surface area contributed by atoms with Crippen LogP contribution in [-0.4, -0.2) is 36.8 Å². The molecule has 0 aliphatic heterocycles. The van der Waals surface area contributed by atoms with Crippen molar-refractivity contribution in [1.29, 1.82) is 0 Å². The summed E-state index contributed by atoms with van der Waals surface area (Å²) in [7, 11) is 4.95. The number of nitro benzene ring substituents is 1. The zero-order chi connectivity index (χ0) is 13.7. The van der Waals surface area contributed by atoms with Gasteiger partial charge in [0.05, 0.1) is 17.6 Å². The van der Waals surface area contributed by atoms with Crippen molar-refractivity contribution in [2.45, 2.75) is 0 Å². The first kappa shape index (κ1) is 13.7. The highest BCUT2D eigenvalue weighted by Gasteiger charge is 2.15. The molecule has 0 atom stereocenters. The second-order valence-corrected chi connectivity index (χ2v) is 3.79. The van der Waals surface area contributed by atoms with Gasteiger partial charge in [0.2, 0.25) is 0 Å². The summed E-state index contributed by atoms with van der Waals surface area (Å²) >= 11 is 0. The molecule has 0 radical (unpaired) electrons. The molecule has 0 aromatic heterocycles. The topological polar surface area (TPSA) is 72.7 Å². The van der Waals surface area contributed by atoms with Crippen LogP contribution in [0.4, 0.5) is 5.69 Å². The van der Waals surface area contributed by atoms with E-state index in [1.807, 2.05) is 0 Å². The van der Waals surface area contributed by atoms with Gasteiger partial charge in [-0.1, -0.05) is 0 Å². The molecule has 0 heterocycles. The molecule has 0 unspecified atom stereocenters. The van der Waals surface area contributed by atoms with Crippen molar-refractivity contribution in [1.82, 2.24) is 4.90 Å². The van der Waals surface area contributed by atoms with Crippen LogP contribution in [0.15, 0.2) is 30.5 Å². The monoisotopic (exact) mass is 250 g/mol. The maximum atomic E-state index is 11.9. The first-order valence-electron chi connectivity index (χ1n) is 5.17. The summed E-state index contributed by atoms with van der Waals surface area (Å²) in [4.78, 5) is 23.7. The molecular weight excluding hydrogens is 236 g/mol. The highest BCUT2D eigenvalue weighted by Crippen LogP contribution is 2.24. The molecular formula is C12H14N2O4. The number of hydrogen-bond donors (Lipinski definition) is 0. The molecule has 1 rings (SSSR count). The normalized spacial score (nSPS) is 10.4. The molecule has 1 aromatic carbocycles. The fraction of sp³-hybridized carbons (Fsp3) is 0.250. The van der Waals surface area contributed by atoms with Crippen molar-refractivity contribution < 1.29 is 14.5 Å². The summed E-state index contributed by atoms with van der Waals surface area (Å²) in [6.07, 6.45) is 2.90. The highest BCUT2D eigenvalue weighted by atomic mass is 16.6. The Hall–Kier alpha value is -2.37. The van der Waals surface area contributed by atoms with Gasteiger partial charge in [-0.25, -0.2) is 0 Å². The number of rotatable bonds is 5. The maximum Gasteiger partial charge on any atom is 0.270 e. The summed E-state index contributed by atoms with van der Waals surface area (Å²) in [5.74, 6) is -0.0294. The largest absolute Gasteiger partial charge is 0.496 e. The molecule has 6 nitrogen and oxygen atoms in total. The third-order valence-corrected chi connectivity index (χ3v) is 2.18. The van der Waals surface area contributed by atoms with Crippen molar-refractivity contribution in [3.8, 4) is 5.75 Å². The van der Waals surface area contributed by atoms with E-state index in [-0.39, 0.29) is 17.0 Å². The van der Waals surface area contributed by atoms with Gasteiger partial charge in [-0.05, 0) is 6.07 Å². The summed E-state index contributed by atoms with van der Waals surface area (Å²) in [5.41, 5.74) is 0.0298. The number of methoxy groups -OCH3 is 1. The molecule has 18 heavy (non-hydrogen) atoms. The van der Waals surface area contributed by atoms with E-state index in [1.165, 1.54) is 31.4 Å². The molecule has 0 spiro atoms. The molecule has 0 bridgehead atoms. The number of nitro groups is 1. The standard InChI is InChI=1S/C12H14N2O4/c1-13(2)7-6-11(15)10-8-9(14(16)17)4-5-12(10)18-3/h4-8H,1-3H3. The van der Waals surface area contributed by atoms with Crippen LogP contribution in [0.5, 0.6) is 5.75 Å². The number of carbonyl (C=O) groups is 1. The summed E-state index contributed by atoms with van der Waals surface area (Å²) in [6.45, 7) is 0. The average Bonchev–Trinajstić information content (AvgIpc) is 2.34. The Kier molecular flexibility index (Phi) is 4.42. The Morgan fingerprint density at radius 1 is 1.44 bits per heavy atom. The van der Waals surface area contributed by atoms with Crippen LogP contribution >= 0.6 is 0 Å². The fourth-order valence-electron chi connectivity index (χ4n) is 1.31. The second kappa shape index (κ2) is 5.81. The average molecular weight is 250 g/mol. The first-order chi connectivity index (χ1) is 8.45. The van der Waals surface area contributed by atoms with Crippen LogP contribution in [0.2, 0.25) is 0 Å². The molecule has 0 amide bonds. The molecule has 0 N–H and O–H groups in total. The molecule has 0 saturated heterocycles. The minimum atomic E-state index is -0.550. The van der Waals surface area contributed by atoms with E-state index in [2.05, 4.69) is 0 Å². The smallest absolute Gasteiger partial charge is 0.270 e. The predicted octanol–water partition coefficient (Wildman–Crippen LogP) is 1.86. The third-order valence-electron chi connectivity index (χ3n) is 2.18. The van der Waals surface area contributed by atoms with E-state index in [1.54, 1.807) is 25.2 Å². The maximum absolute atomic E-state index is 11.9. The van der Waals surface area contributed by atoms with E-state index < -0.39 is 4.92 Å². The van der Waals surface area contributed by atoms with Crippen molar-refractivity contribution >= 4 is 11.5 Å². The second-order valence-electron chi connectivity index (χ2n) is 3.79. The lowest BCUT2D eigenvalue weighted by atomic mass is 10.1. The van der Waals surface area contributed by atoms with Crippen LogP contribution in [0, 0.1) is 10.1 Å². The van der Waals surface area contributed by atoms with Gasteiger partial charge in [-0.15, -0.1) is 0 Å². The minimum absolute atomic E-state index is 0.141. The number of ether oxygens (including phenoxy) is 1. The van der Waals surface area contributed by atoms with Gasteiger partial charge >= 0.3 is 0 Å². The van der Waals surface area contributed by atoms with Crippen LogP contribution in [0.3, 0.4) is 0 Å². The van der Waals surface area contributed by atoms with Crippen LogP contribution in [0.1, 0.15) is 10.4 Å². The van der Waals surface area contributed by atoms with Crippen molar-refractivity contribution in [3.05, 3.63) is 46.2 Å². The molecule has 0 fully saturated rings. The number of hydrogen-bond acceptors (Lipinski definition) is 5. The Balaban J connectivity index is 3.15. The third kappa shape index (κ3) is 3.31. The fourth-order valence-corrected chi connectivity index (χ4v) is 1.31. The van der Waals surface area contributed by atoms with Gasteiger partial charge in [-0.3, -0.25) is 14.9 Å². The highest BCUT2D eigenvalue weighted by molar-refractivity contribution is 6.06. The lowest BCUT2D eigenvalue weighted by molar-refractivity contribution is -0.384. The molecule has 6 heteroatoms. The Morgan fingerprint density at radius 3 is 2.61 bits per heavy atom. The summed E-state index contributed by atoms with van der Waals surface area (Å²) in [5, 5.41) is 10.7. The van der Waals surface area contributed by atoms with Crippen molar-refractivity contribution in [2.75, 3.05) is 21.2 Å². The number of benzene rings is 1. The van der Waals surface area contributed by atoms with Gasteiger partial charge < -0.3 is 9.64 Å². The molecule has 96 valence electrons.